The van der Waals surface area contributed by atoms with Crippen LogP contribution in [-0.4, -0.2) is 95.5 Å². The Hall–Kier alpha value is -2.58. The van der Waals surface area contributed by atoms with Crippen LogP contribution in [0.25, 0.3) is 10.9 Å². The van der Waals surface area contributed by atoms with E-state index in [4.69, 9.17) is 9.73 Å². The van der Waals surface area contributed by atoms with Crippen LogP contribution in [0.3, 0.4) is 0 Å². The second-order valence-corrected chi connectivity index (χ2v) is 13.5. The molecule has 2 unspecified atom stereocenters. The van der Waals surface area contributed by atoms with Crippen molar-refractivity contribution >= 4 is 61.0 Å². The molecular formula is C25H29N5O5S3. The summed E-state index contributed by atoms with van der Waals surface area (Å²) in [6.07, 6.45) is 0.849. The molecule has 0 radical (unpaired) electrons. The van der Waals surface area contributed by atoms with Crippen LogP contribution in [0.1, 0.15) is 12.6 Å². The van der Waals surface area contributed by atoms with E-state index in [-0.39, 0.29) is 22.7 Å². The number of carbonyl (C=O) groups is 1. The van der Waals surface area contributed by atoms with Crippen molar-refractivity contribution < 1.29 is 23.1 Å². The maximum atomic E-state index is 13.4. The molecule has 1 aromatic carbocycles. The Morgan fingerprint density at radius 2 is 2.08 bits per heavy atom. The van der Waals surface area contributed by atoms with Crippen LogP contribution in [0, 0.1) is 0 Å². The molecule has 0 aliphatic carbocycles. The molecule has 3 aromatic rings. The van der Waals surface area contributed by atoms with Crippen molar-refractivity contribution in [3.05, 3.63) is 48.3 Å². The molecule has 1 fully saturated rings. The van der Waals surface area contributed by atoms with Gasteiger partial charge in [-0.1, -0.05) is 17.8 Å². The lowest BCUT2D eigenvalue weighted by molar-refractivity contribution is -0.118. The predicted octanol–water partition coefficient (Wildman–Crippen LogP) is 2.59. The van der Waals surface area contributed by atoms with E-state index in [1.165, 1.54) is 38.0 Å². The van der Waals surface area contributed by atoms with Crippen LogP contribution < -0.4 is 9.04 Å². The molecule has 2 aliphatic rings. The molecule has 4 heterocycles. The first kappa shape index (κ1) is 27.0. The van der Waals surface area contributed by atoms with E-state index in [2.05, 4.69) is 14.9 Å². The summed E-state index contributed by atoms with van der Waals surface area (Å²) in [6, 6.07) is 9.95. The zero-order valence-corrected chi connectivity index (χ0v) is 23.5. The third-order valence-corrected chi connectivity index (χ3v) is 10.3. The largest absolute Gasteiger partial charge is 0.486 e. The Morgan fingerprint density at radius 3 is 2.79 bits per heavy atom. The number of anilines is 1. The van der Waals surface area contributed by atoms with Crippen molar-refractivity contribution in [1.29, 1.82) is 0 Å². The van der Waals surface area contributed by atoms with E-state index in [0.717, 1.165) is 39.6 Å². The average molecular weight is 576 g/mol. The van der Waals surface area contributed by atoms with Crippen LogP contribution in [0.5, 0.6) is 5.75 Å². The molecule has 2 aromatic heterocycles. The predicted molar refractivity (Wildman–Crippen MR) is 152 cm³/mol. The standard InChI is InChI=1S/C25H29N5O5S3/c1-16(31)15-35-18-11-17-12-19(24-27-14-21(37-24)25(32)30-7-9-36-10-8-30)28-23(17)20(13-18)29(2)38(33,34)22-5-3-4-6-26-22/h3-6,11-13,21,25,28,32H,7-10,14-15H2,1-2H3. The molecule has 13 heteroatoms. The Morgan fingerprint density at radius 1 is 1.29 bits per heavy atom. The first-order chi connectivity index (χ1) is 18.2. The third kappa shape index (κ3) is 5.57. The van der Waals surface area contributed by atoms with Crippen LogP contribution >= 0.6 is 23.5 Å². The van der Waals surface area contributed by atoms with Gasteiger partial charge in [-0.15, -0.1) is 0 Å². The maximum absolute atomic E-state index is 13.4. The van der Waals surface area contributed by atoms with Crippen molar-refractivity contribution in [2.75, 3.05) is 49.1 Å². The fraction of sp³-hybridized carbons (Fsp3) is 0.400. The molecule has 5 rings (SSSR count). The van der Waals surface area contributed by atoms with Gasteiger partial charge in [-0.3, -0.25) is 19.0 Å². The molecule has 0 spiro atoms. The molecular weight excluding hydrogens is 547 g/mol. The number of pyridine rings is 1. The number of nitrogens with one attached hydrogen (secondary N) is 1. The van der Waals surface area contributed by atoms with Gasteiger partial charge in [-0.25, -0.2) is 4.98 Å². The number of H-pyrrole nitrogens is 1. The Kier molecular flexibility index (Phi) is 8.00. The smallest absolute Gasteiger partial charge is 0.281 e. The summed E-state index contributed by atoms with van der Waals surface area (Å²) >= 11 is 3.41. The highest BCUT2D eigenvalue weighted by Crippen LogP contribution is 2.37. The number of rotatable bonds is 9. The molecule has 202 valence electrons. The lowest BCUT2D eigenvalue weighted by Gasteiger charge is -2.33. The van der Waals surface area contributed by atoms with Crippen molar-refractivity contribution in [3.63, 3.8) is 0 Å². The molecule has 1 saturated heterocycles. The number of hydrogen-bond acceptors (Lipinski definition) is 10. The SMILES string of the molecule is CC(=O)COc1cc(N(C)S(=O)(=O)c2ccccn2)c2[nH]c(C3=NCC(C(O)N4CCSCC4)S3)cc2c1. The van der Waals surface area contributed by atoms with Crippen LogP contribution in [0.4, 0.5) is 5.69 Å². The van der Waals surface area contributed by atoms with Gasteiger partial charge >= 0.3 is 0 Å². The number of fused-ring (bicyclic) bond motifs is 1. The minimum absolute atomic E-state index is 0.0823. The highest BCUT2D eigenvalue weighted by Gasteiger charge is 2.33. The zero-order chi connectivity index (χ0) is 26.9. The number of benzene rings is 1. The summed E-state index contributed by atoms with van der Waals surface area (Å²) in [4.78, 5) is 25.7. The maximum Gasteiger partial charge on any atom is 0.281 e. The number of sulfonamides is 1. The van der Waals surface area contributed by atoms with Crippen molar-refractivity contribution in [2.24, 2.45) is 4.99 Å². The quantitative estimate of drug-likeness (QED) is 0.396. The number of hydrogen-bond donors (Lipinski definition) is 2. The van der Waals surface area contributed by atoms with Gasteiger partial charge in [0.05, 0.1) is 28.7 Å². The van der Waals surface area contributed by atoms with E-state index in [1.807, 2.05) is 17.8 Å². The zero-order valence-electron chi connectivity index (χ0n) is 21.0. The number of aliphatic hydroxyl groups excluding tert-OH is 1. The normalized spacial score (nSPS) is 19.3. The molecule has 2 atom stereocenters. The summed E-state index contributed by atoms with van der Waals surface area (Å²) in [5.74, 6) is 2.24. The monoisotopic (exact) mass is 575 g/mol. The van der Waals surface area contributed by atoms with E-state index in [9.17, 15) is 18.3 Å². The van der Waals surface area contributed by atoms with E-state index in [0.29, 0.717) is 28.9 Å². The topological polar surface area (TPSA) is 128 Å². The first-order valence-electron chi connectivity index (χ1n) is 12.1. The number of carbonyl (C=O) groups excluding carboxylic acids is 1. The molecule has 0 bridgehead atoms. The fourth-order valence-electron chi connectivity index (χ4n) is 4.37. The van der Waals surface area contributed by atoms with Crippen molar-refractivity contribution in [2.45, 2.75) is 23.4 Å². The molecule has 2 N–H and O–H groups in total. The number of aromatic nitrogens is 2. The van der Waals surface area contributed by atoms with Gasteiger partial charge in [0.15, 0.2) is 10.8 Å². The third-order valence-electron chi connectivity index (χ3n) is 6.39. The highest BCUT2D eigenvalue weighted by atomic mass is 32.2. The average Bonchev–Trinajstić information content (AvgIpc) is 3.59. The molecule has 38 heavy (non-hydrogen) atoms. The number of aromatic amines is 1. The minimum Gasteiger partial charge on any atom is -0.486 e. The first-order valence-corrected chi connectivity index (χ1v) is 15.6. The number of nitrogens with zero attached hydrogens (tertiary/aromatic N) is 4. The lowest BCUT2D eigenvalue weighted by atomic mass is 10.2. The van der Waals surface area contributed by atoms with Crippen LogP contribution in [0.2, 0.25) is 0 Å². The Labute approximate surface area is 229 Å². The van der Waals surface area contributed by atoms with Crippen LogP contribution in [-0.2, 0) is 14.8 Å². The number of aliphatic imine (C=N–C) groups is 1. The number of thioether (sulfide) groups is 2. The number of ether oxygens (including phenoxy) is 1. The highest BCUT2D eigenvalue weighted by molar-refractivity contribution is 8.15. The number of ketones is 1. The summed E-state index contributed by atoms with van der Waals surface area (Å²) in [5.41, 5.74) is 1.66. The van der Waals surface area contributed by atoms with Gasteiger partial charge in [0, 0.05) is 49.3 Å². The number of Topliss-reactive ketones (excluding diaryl/α,β-unsaturated/α-hetero) is 1. The number of aliphatic hydroxyl groups is 1. The van der Waals surface area contributed by atoms with Gasteiger partial charge in [0.1, 0.15) is 23.6 Å². The fourth-order valence-corrected chi connectivity index (χ4v) is 7.55. The van der Waals surface area contributed by atoms with E-state index >= 15 is 0 Å². The van der Waals surface area contributed by atoms with Gasteiger partial charge in [-0.2, -0.15) is 20.2 Å². The van der Waals surface area contributed by atoms with E-state index in [1.54, 1.807) is 24.3 Å². The van der Waals surface area contributed by atoms with Crippen LogP contribution in [0.15, 0.2) is 52.6 Å². The van der Waals surface area contributed by atoms with E-state index < -0.39 is 16.3 Å². The minimum atomic E-state index is -3.97. The summed E-state index contributed by atoms with van der Waals surface area (Å²) < 4.78 is 33.6. The van der Waals surface area contributed by atoms with Crippen molar-refractivity contribution in [3.8, 4) is 5.75 Å². The van der Waals surface area contributed by atoms with Gasteiger partial charge < -0.3 is 14.8 Å². The molecule has 0 saturated carbocycles. The van der Waals surface area contributed by atoms with Gasteiger partial charge in [0.25, 0.3) is 10.0 Å². The molecule has 10 nitrogen and oxygen atoms in total. The van der Waals surface area contributed by atoms with Crippen molar-refractivity contribution in [1.82, 2.24) is 14.9 Å². The second-order valence-electron chi connectivity index (χ2n) is 9.08. The van der Waals surface area contributed by atoms with Gasteiger partial charge in [0.2, 0.25) is 0 Å². The summed E-state index contributed by atoms with van der Waals surface area (Å²) in [5, 5.41) is 12.2. The Bertz CT molecular complexity index is 1450. The summed E-state index contributed by atoms with van der Waals surface area (Å²) in [7, 11) is -2.51. The molecule has 0 amide bonds. The molecule has 2 aliphatic heterocycles. The van der Waals surface area contributed by atoms with Gasteiger partial charge in [-0.05, 0) is 31.2 Å². The second kappa shape index (κ2) is 11.3. The Balaban J connectivity index is 1.47. The lowest BCUT2D eigenvalue weighted by Crippen LogP contribution is -2.46. The summed E-state index contributed by atoms with van der Waals surface area (Å²) in [6.45, 7) is 3.50.